The monoisotopic (exact) mass is 1180 g/mol. The number of nitrogens with one attached hydrogen (secondary N) is 5. The van der Waals surface area contributed by atoms with Crippen molar-refractivity contribution in [3.05, 3.63) is 142 Å². The summed E-state index contributed by atoms with van der Waals surface area (Å²) in [5.41, 5.74) is 9.35. The van der Waals surface area contributed by atoms with Gasteiger partial charge in [0, 0.05) is 73.0 Å². The molecule has 7 amide bonds. The zero-order chi connectivity index (χ0) is 63.6. The molecule has 5 atom stereocenters. The summed E-state index contributed by atoms with van der Waals surface area (Å²) in [5, 5.41) is 23.8. The molecule has 1 aliphatic rings. The van der Waals surface area contributed by atoms with E-state index in [0.29, 0.717) is 34.5 Å². The Balaban J connectivity index is 1.16. The van der Waals surface area contributed by atoms with Crippen LogP contribution in [0.15, 0.2) is 109 Å². The zero-order valence-electron chi connectivity index (χ0n) is 51.7. The Morgan fingerprint density at radius 2 is 1.38 bits per heavy atom. The number of primary amides is 1. The van der Waals surface area contributed by atoms with Gasteiger partial charge in [-0.15, -0.1) is 0 Å². The summed E-state index contributed by atoms with van der Waals surface area (Å²) in [5.74, 6) is 2.02. The highest BCUT2D eigenvalue weighted by molar-refractivity contribution is 5.98. The van der Waals surface area contributed by atoms with Crippen LogP contribution in [0, 0.1) is 35.0 Å². The lowest BCUT2D eigenvalue weighted by atomic mass is 9.76. The van der Waals surface area contributed by atoms with Crippen LogP contribution in [0.25, 0.3) is 0 Å². The predicted molar refractivity (Wildman–Crippen MR) is 331 cm³/mol. The number of anilines is 2. The van der Waals surface area contributed by atoms with Crippen molar-refractivity contribution in [3.8, 4) is 11.8 Å². The fraction of sp³-hybridized carbons (Fsp3) is 0.448. The van der Waals surface area contributed by atoms with Crippen molar-refractivity contribution in [2.45, 2.75) is 150 Å². The second-order valence-corrected chi connectivity index (χ2v) is 24.3. The summed E-state index contributed by atoms with van der Waals surface area (Å²) < 4.78 is 5.53. The fourth-order valence-corrected chi connectivity index (χ4v) is 10.3. The number of ketones is 2. The van der Waals surface area contributed by atoms with E-state index in [1.54, 1.807) is 73.6 Å². The van der Waals surface area contributed by atoms with E-state index in [-0.39, 0.29) is 92.6 Å². The molecule has 0 radical (unpaired) electrons. The second-order valence-electron chi connectivity index (χ2n) is 24.3. The Labute approximate surface area is 506 Å². The molecule has 1 heterocycles. The van der Waals surface area contributed by atoms with E-state index in [1.807, 2.05) is 111 Å². The number of nitrogens with zero attached hydrogens (tertiary/aromatic N) is 2. The van der Waals surface area contributed by atoms with Crippen molar-refractivity contribution >= 4 is 64.7 Å². The average Bonchev–Trinajstić information content (AvgIpc) is 1.31. The number of nitrogens with two attached hydrogens (primary N) is 1. The van der Waals surface area contributed by atoms with Gasteiger partial charge in [-0.1, -0.05) is 147 Å². The first-order valence-corrected chi connectivity index (χ1v) is 29.2. The number of Topliss-reactive ketones (excluding diaryl/α,β-unsaturated/α-hetero) is 2. The number of amides is 7. The van der Waals surface area contributed by atoms with Crippen LogP contribution in [0.1, 0.15) is 135 Å². The van der Waals surface area contributed by atoms with E-state index in [1.165, 1.54) is 11.8 Å². The molecule has 0 saturated carbocycles. The lowest BCUT2D eigenvalue weighted by molar-refractivity contribution is -0.141. The van der Waals surface area contributed by atoms with Crippen molar-refractivity contribution in [3.63, 3.8) is 0 Å². The normalized spacial score (nSPS) is 14.0. The summed E-state index contributed by atoms with van der Waals surface area (Å²) >= 11 is 0. The highest BCUT2D eigenvalue weighted by Gasteiger charge is 2.42. The molecule has 0 bridgehead atoms. The Morgan fingerprint density at radius 1 is 0.767 bits per heavy atom. The summed E-state index contributed by atoms with van der Waals surface area (Å²) in [7, 11) is 3.27. The highest BCUT2D eigenvalue weighted by Crippen LogP contribution is 2.31. The number of carboxylic acid groups (broad SMARTS) is 1. The van der Waals surface area contributed by atoms with E-state index < -0.39 is 70.8 Å². The molecule has 4 aromatic carbocycles. The average molecular weight is 1180 g/mol. The molecule has 0 saturated heterocycles. The first kappa shape index (κ1) is 68.2. The number of carbonyl (C=O) groups excluding carboxylic acids is 8. The van der Waals surface area contributed by atoms with Gasteiger partial charge >= 0.3 is 18.1 Å². The SMILES string of the molecule is CN[C@@H](C(=O)N[C@H](C(=O)N(C)[C@H](/C=C(\C)C(=O)O)C(C)C)C(C)(C)C)C(C)(C)c1ccc(NC(=O)OCc2ccc(CC(=O)[C@H](CCCNC(N)=O)NC(=O)[C@@H](CC(=O)CCC(=O)N3Cc4ccccc4C#Cc4ccccc43)C(C)C)cc2)cc1. The Morgan fingerprint density at radius 3 is 1.99 bits per heavy atom. The molecule has 19 nitrogen and oxygen atoms in total. The van der Waals surface area contributed by atoms with Gasteiger partial charge in [0.25, 0.3) is 0 Å². The number of urea groups is 1. The minimum atomic E-state index is -1.08. The first-order valence-electron chi connectivity index (χ1n) is 29.2. The number of hydrogen-bond acceptors (Lipinski definition) is 11. The molecule has 1 aliphatic heterocycles. The Kier molecular flexibility index (Phi) is 24.5. The number of benzene rings is 4. The summed E-state index contributed by atoms with van der Waals surface area (Å²) in [6.07, 6.45) is 0.954. The number of para-hydroxylation sites is 1. The molecular weight excluding hydrogens is 1090 g/mol. The van der Waals surface area contributed by atoms with Crippen molar-refractivity contribution in [1.82, 2.24) is 26.2 Å². The quantitative estimate of drug-likeness (QED) is 0.0161. The van der Waals surface area contributed by atoms with Crippen LogP contribution in [0.2, 0.25) is 0 Å². The molecule has 0 aliphatic carbocycles. The molecule has 19 heteroatoms. The molecule has 4 aromatic rings. The number of carbonyl (C=O) groups is 9. The van der Waals surface area contributed by atoms with Crippen molar-refractivity contribution in [2.75, 3.05) is 30.9 Å². The van der Waals surface area contributed by atoms with Gasteiger partial charge in [0.1, 0.15) is 18.4 Å². The molecule has 460 valence electrons. The maximum atomic E-state index is 14.1. The number of likely N-dealkylation sites (N-methyl/N-ethyl adjacent to an activating group) is 2. The summed E-state index contributed by atoms with van der Waals surface area (Å²) in [4.78, 5) is 123. The van der Waals surface area contributed by atoms with Crippen LogP contribution in [0.3, 0.4) is 0 Å². The standard InChI is InChI=1S/C67H86N8O11/c1-41(2)52(38-51(76)33-34-57(78)75-39-48-20-14-13-18-46(48)27-28-47-19-15-16-22-54(47)75)60(79)72-53(21-17-35-70-64(68)84)56(77)37-44-23-25-45(26-24-44)40-86-65(85)71-50-31-29-49(30-32-50)67(9,10)58(69-11)61(80)73-59(66(6,7)8)62(81)74(12)55(42(3)4)36-43(5)63(82)83/h13-16,18-20,22-26,29-32,36,41-42,52-53,55,58-59,69H,17,21,33-35,37-40H2,1-12H3,(H,71,85)(H,72,79)(H,73,80)(H,82,83)(H3,68,70,84)/b43-36+/t52-,53-,55+,58-,59+/m0/s1. The van der Waals surface area contributed by atoms with Gasteiger partial charge in [0.2, 0.25) is 23.6 Å². The maximum absolute atomic E-state index is 14.1. The highest BCUT2D eigenvalue weighted by atomic mass is 16.5. The van der Waals surface area contributed by atoms with Gasteiger partial charge in [-0.2, -0.15) is 0 Å². The van der Waals surface area contributed by atoms with Gasteiger partial charge in [-0.25, -0.2) is 14.4 Å². The fourth-order valence-electron chi connectivity index (χ4n) is 10.3. The number of fused-ring (bicyclic) bond motifs is 2. The molecule has 86 heavy (non-hydrogen) atoms. The first-order chi connectivity index (χ1) is 40.5. The van der Waals surface area contributed by atoms with Crippen LogP contribution in [0.5, 0.6) is 0 Å². The van der Waals surface area contributed by atoms with Crippen LogP contribution in [-0.2, 0) is 63.3 Å². The van der Waals surface area contributed by atoms with Crippen molar-refractivity contribution < 1.29 is 53.0 Å². The van der Waals surface area contributed by atoms with Gasteiger partial charge < -0.3 is 46.6 Å². The van der Waals surface area contributed by atoms with Gasteiger partial charge in [0.15, 0.2) is 5.78 Å². The predicted octanol–water partition coefficient (Wildman–Crippen LogP) is 8.35. The van der Waals surface area contributed by atoms with Crippen molar-refractivity contribution in [1.29, 1.82) is 0 Å². The molecule has 0 fully saturated rings. The largest absolute Gasteiger partial charge is 0.478 e. The third-order valence-electron chi connectivity index (χ3n) is 15.6. The molecule has 8 N–H and O–H groups in total. The number of ether oxygens (including phenoxy) is 1. The van der Waals surface area contributed by atoms with Gasteiger partial charge in [-0.05, 0) is 96.6 Å². The third kappa shape index (κ3) is 19.2. The minimum Gasteiger partial charge on any atom is -0.478 e. The van der Waals surface area contributed by atoms with Crippen LogP contribution in [-0.4, -0.2) is 108 Å². The van der Waals surface area contributed by atoms with E-state index in [2.05, 4.69) is 38.4 Å². The molecular formula is C67H86N8O11. The number of carboxylic acids is 1. The summed E-state index contributed by atoms with van der Waals surface area (Å²) in [6, 6.07) is 24.8. The number of aliphatic carboxylic acids is 1. The van der Waals surface area contributed by atoms with Gasteiger partial charge in [-0.3, -0.25) is 34.1 Å². The molecule has 0 unspecified atom stereocenters. The Bertz CT molecular complexity index is 3190. The third-order valence-corrected chi connectivity index (χ3v) is 15.6. The maximum Gasteiger partial charge on any atom is 0.411 e. The van der Waals surface area contributed by atoms with E-state index in [9.17, 15) is 48.3 Å². The number of rotatable bonds is 28. The number of hydrogen-bond donors (Lipinski definition) is 7. The van der Waals surface area contributed by atoms with E-state index >= 15 is 0 Å². The molecule has 5 rings (SSSR count). The summed E-state index contributed by atoms with van der Waals surface area (Å²) in [6.45, 7) is 18.6. The Hall–Kier alpha value is -8.63. The van der Waals surface area contributed by atoms with Crippen LogP contribution < -0.4 is 37.2 Å². The van der Waals surface area contributed by atoms with E-state index in [0.717, 1.165) is 16.7 Å². The lowest BCUT2D eigenvalue weighted by Gasteiger charge is -2.40. The molecule has 0 spiro atoms. The van der Waals surface area contributed by atoms with Crippen LogP contribution in [0.4, 0.5) is 21.0 Å². The topological polar surface area (TPSA) is 276 Å². The van der Waals surface area contributed by atoms with Gasteiger partial charge in [0.05, 0.1) is 30.4 Å². The van der Waals surface area contributed by atoms with Crippen LogP contribution >= 0.6 is 0 Å². The lowest BCUT2D eigenvalue weighted by Crippen LogP contribution is -2.61. The second kappa shape index (κ2) is 31.0. The zero-order valence-corrected chi connectivity index (χ0v) is 51.7. The smallest absolute Gasteiger partial charge is 0.411 e. The minimum absolute atomic E-state index is 0.0612. The van der Waals surface area contributed by atoms with Crippen molar-refractivity contribution in [2.24, 2.45) is 28.9 Å². The molecule has 0 aromatic heterocycles. The van der Waals surface area contributed by atoms with E-state index in [4.69, 9.17) is 10.5 Å².